The van der Waals surface area contributed by atoms with Crippen molar-refractivity contribution in [2.45, 2.75) is 32.9 Å². The van der Waals surface area contributed by atoms with Gasteiger partial charge in [-0.05, 0) is 49.7 Å². The molecule has 0 N–H and O–H groups in total. The second kappa shape index (κ2) is 10.8. The first-order valence-corrected chi connectivity index (χ1v) is 13.0. The molecular weight excluding hydrogens is 519 g/mol. The van der Waals surface area contributed by atoms with Crippen molar-refractivity contribution >= 4 is 27.5 Å². The van der Waals surface area contributed by atoms with Crippen LogP contribution < -0.4 is 4.31 Å². The molecule has 0 aliphatic carbocycles. The van der Waals surface area contributed by atoms with Crippen LogP contribution in [0, 0.1) is 5.82 Å². The van der Waals surface area contributed by atoms with Gasteiger partial charge in [0.1, 0.15) is 5.82 Å². The topological polar surface area (TPSA) is 82.8 Å². The van der Waals surface area contributed by atoms with Gasteiger partial charge in [-0.15, -0.1) is 10.2 Å². The van der Waals surface area contributed by atoms with Crippen molar-refractivity contribution in [3.63, 3.8) is 0 Å². The first-order chi connectivity index (χ1) is 17.1. The van der Waals surface area contributed by atoms with Gasteiger partial charge in [-0.3, -0.25) is 9.21 Å². The molecule has 194 valence electrons. The monoisotopic (exact) mass is 543 g/mol. The molecule has 4 rings (SSSR count). The molecule has 1 aliphatic rings. The zero-order valence-electron chi connectivity index (χ0n) is 19.6. The Morgan fingerprint density at radius 1 is 1.06 bits per heavy atom. The van der Waals surface area contributed by atoms with Gasteiger partial charge in [0.15, 0.2) is 0 Å². The summed E-state index contributed by atoms with van der Waals surface area (Å²) in [6.45, 7) is 5.86. The predicted molar refractivity (Wildman–Crippen MR) is 129 cm³/mol. The molecule has 0 radical (unpaired) electrons. The van der Waals surface area contributed by atoms with Gasteiger partial charge in [0.2, 0.25) is 5.89 Å². The van der Waals surface area contributed by atoms with Gasteiger partial charge in [0, 0.05) is 37.8 Å². The standard InChI is InChI=1S/C23H25ClF3N5O3S/c1-15(2)30-9-11-31(12-10-30)36(33,34)32(18-7-8-20(25)19(24)13-18)14-16-3-5-17(6-4-16)22-28-29-23(35-22)21(26)27/h3-8,13,15,21H,9-12,14H2,1-2H3. The number of aromatic nitrogens is 2. The maximum Gasteiger partial charge on any atom is 0.314 e. The van der Waals surface area contributed by atoms with Crippen molar-refractivity contribution in [2.75, 3.05) is 30.5 Å². The van der Waals surface area contributed by atoms with Gasteiger partial charge in [0.25, 0.3) is 5.89 Å². The predicted octanol–water partition coefficient (Wildman–Crippen LogP) is 4.74. The first-order valence-electron chi connectivity index (χ1n) is 11.2. The van der Waals surface area contributed by atoms with Crippen LogP contribution in [-0.4, -0.2) is 60.0 Å². The number of anilines is 1. The Bertz CT molecular complexity index is 1300. The quantitative estimate of drug-likeness (QED) is 0.408. The number of nitrogens with zero attached hydrogens (tertiary/aromatic N) is 5. The van der Waals surface area contributed by atoms with Crippen molar-refractivity contribution in [3.8, 4) is 11.5 Å². The van der Waals surface area contributed by atoms with Crippen molar-refractivity contribution in [3.05, 3.63) is 64.8 Å². The molecule has 0 amide bonds. The normalized spacial score (nSPS) is 15.7. The Kier molecular flexibility index (Phi) is 7.88. The van der Waals surface area contributed by atoms with E-state index in [2.05, 4.69) is 28.9 Å². The Hall–Kier alpha value is -2.67. The lowest BCUT2D eigenvalue weighted by Crippen LogP contribution is -2.54. The largest absolute Gasteiger partial charge is 0.415 e. The second-order valence-corrected chi connectivity index (χ2v) is 10.8. The van der Waals surface area contributed by atoms with Gasteiger partial charge in [-0.2, -0.15) is 21.5 Å². The summed E-state index contributed by atoms with van der Waals surface area (Å²) in [6.07, 6.45) is -2.88. The van der Waals surface area contributed by atoms with Crippen LogP contribution in [0.2, 0.25) is 5.02 Å². The number of hydrogen-bond acceptors (Lipinski definition) is 6. The average molecular weight is 544 g/mol. The summed E-state index contributed by atoms with van der Waals surface area (Å²) >= 11 is 5.97. The van der Waals surface area contributed by atoms with E-state index in [1.54, 1.807) is 24.3 Å². The van der Waals surface area contributed by atoms with E-state index < -0.39 is 28.3 Å². The molecule has 3 aromatic rings. The molecule has 0 unspecified atom stereocenters. The summed E-state index contributed by atoms with van der Waals surface area (Å²) in [7, 11) is -3.99. The highest BCUT2D eigenvalue weighted by Crippen LogP contribution is 2.29. The van der Waals surface area contributed by atoms with E-state index in [1.807, 2.05) is 0 Å². The third-order valence-electron chi connectivity index (χ3n) is 5.95. The molecule has 1 saturated heterocycles. The molecule has 0 bridgehead atoms. The van der Waals surface area contributed by atoms with Crippen LogP contribution >= 0.6 is 11.6 Å². The third-order valence-corrected chi connectivity index (χ3v) is 8.16. The van der Waals surface area contributed by atoms with Crippen LogP contribution in [0.3, 0.4) is 0 Å². The molecule has 2 aromatic carbocycles. The SMILES string of the molecule is CC(C)N1CCN(S(=O)(=O)N(Cc2ccc(-c3nnc(C(F)F)o3)cc2)c2ccc(F)c(Cl)c2)CC1. The Balaban J connectivity index is 1.61. The van der Waals surface area contributed by atoms with Crippen molar-refractivity contribution in [2.24, 2.45) is 0 Å². The number of benzene rings is 2. The van der Waals surface area contributed by atoms with E-state index in [9.17, 15) is 21.6 Å². The average Bonchev–Trinajstić information content (AvgIpc) is 3.35. The van der Waals surface area contributed by atoms with Crippen molar-refractivity contribution in [1.29, 1.82) is 0 Å². The zero-order chi connectivity index (χ0) is 26.0. The molecule has 0 atom stereocenters. The molecule has 0 saturated carbocycles. The van der Waals surface area contributed by atoms with Crippen LogP contribution in [0.1, 0.15) is 31.7 Å². The molecule has 8 nitrogen and oxygen atoms in total. The fraction of sp³-hybridized carbons (Fsp3) is 0.391. The lowest BCUT2D eigenvalue weighted by atomic mass is 10.1. The molecular formula is C23H25ClF3N5O3S. The minimum Gasteiger partial charge on any atom is -0.415 e. The van der Waals surface area contributed by atoms with Crippen LogP contribution in [-0.2, 0) is 16.8 Å². The minimum absolute atomic E-state index is 0.0684. The van der Waals surface area contributed by atoms with Crippen LogP contribution in [0.5, 0.6) is 0 Å². The summed E-state index contributed by atoms with van der Waals surface area (Å²) in [5.74, 6) is -1.51. The van der Waals surface area contributed by atoms with Gasteiger partial charge in [-0.25, -0.2) is 4.39 Å². The maximum atomic E-state index is 13.8. The van der Waals surface area contributed by atoms with Crippen molar-refractivity contribution in [1.82, 2.24) is 19.4 Å². The zero-order valence-corrected chi connectivity index (χ0v) is 21.2. The van der Waals surface area contributed by atoms with E-state index in [1.165, 1.54) is 20.7 Å². The van der Waals surface area contributed by atoms with Crippen LogP contribution in [0.15, 0.2) is 46.9 Å². The van der Waals surface area contributed by atoms with E-state index in [0.29, 0.717) is 43.3 Å². The molecule has 1 fully saturated rings. The molecule has 0 spiro atoms. The third kappa shape index (κ3) is 5.66. The number of halogens is 4. The second-order valence-electron chi connectivity index (χ2n) is 8.58. The number of alkyl halides is 2. The van der Waals surface area contributed by atoms with Gasteiger partial charge >= 0.3 is 16.6 Å². The van der Waals surface area contributed by atoms with E-state index >= 15 is 0 Å². The summed E-state index contributed by atoms with van der Waals surface area (Å²) in [5, 5.41) is 6.74. The molecule has 1 aromatic heterocycles. The summed E-state index contributed by atoms with van der Waals surface area (Å²) in [6, 6.07) is 10.5. The molecule has 36 heavy (non-hydrogen) atoms. The molecule has 1 aliphatic heterocycles. The van der Waals surface area contributed by atoms with Crippen LogP contribution in [0.4, 0.5) is 18.9 Å². The smallest absolute Gasteiger partial charge is 0.314 e. The minimum atomic E-state index is -3.99. The summed E-state index contributed by atoms with van der Waals surface area (Å²) < 4.78 is 74.3. The molecule has 13 heteroatoms. The Morgan fingerprint density at radius 2 is 1.72 bits per heavy atom. The fourth-order valence-corrected chi connectivity index (χ4v) is 5.66. The van der Waals surface area contributed by atoms with Gasteiger partial charge in [0.05, 0.1) is 17.3 Å². The van der Waals surface area contributed by atoms with Crippen LogP contribution in [0.25, 0.3) is 11.5 Å². The summed E-state index contributed by atoms with van der Waals surface area (Å²) in [5.41, 5.74) is 1.22. The number of hydrogen-bond donors (Lipinski definition) is 0. The number of rotatable bonds is 8. The van der Waals surface area contributed by atoms with Gasteiger partial charge < -0.3 is 4.42 Å². The van der Waals surface area contributed by atoms with E-state index in [0.717, 1.165) is 6.07 Å². The Labute approximate surface area is 212 Å². The maximum absolute atomic E-state index is 13.8. The lowest BCUT2D eigenvalue weighted by molar-refractivity contribution is 0.116. The molecule has 2 heterocycles. The van der Waals surface area contributed by atoms with Gasteiger partial charge in [-0.1, -0.05) is 23.7 Å². The first kappa shape index (κ1) is 26.4. The van der Waals surface area contributed by atoms with E-state index in [4.69, 9.17) is 16.0 Å². The van der Waals surface area contributed by atoms with Crippen molar-refractivity contribution < 1.29 is 26.0 Å². The highest BCUT2D eigenvalue weighted by Gasteiger charge is 2.33. The summed E-state index contributed by atoms with van der Waals surface area (Å²) in [4.78, 5) is 2.20. The number of piperazine rings is 1. The highest BCUT2D eigenvalue weighted by molar-refractivity contribution is 7.90. The van der Waals surface area contributed by atoms with E-state index in [-0.39, 0.29) is 23.1 Å². The Morgan fingerprint density at radius 3 is 2.28 bits per heavy atom. The highest BCUT2D eigenvalue weighted by atomic mass is 35.5. The fourth-order valence-electron chi connectivity index (χ4n) is 3.89. The lowest BCUT2D eigenvalue weighted by Gasteiger charge is -2.38.